The van der Waals surface area contributed by atoms with Crippen molar-refractivity contribution in [3.63, 3.8) is 0 Å². The molecule has 0 heterocycles. The number of benzene rings is 4. The maximum atomic E-state index is 13.4. The van der Waals surface area contributed by atoms with Crippen molar-refractivity contribution in [1.82, 2.24) is 0 Å². The van der Waals surface area contributed by atoms with Crippen molar-refractivity contribution in [2.45, 2.75) is 35.5 Å². The minimum absolute atomic E-state index is 0.131. The van der Waals surface area contributed by atoms with E-state index in [9.17, 15) is 24.8 Å². The largest absolute Gasteiger partial charge is 0.481 e. The highest BCUT2D eigenvalue weighted by Crippen LogP contribution is 2.32. The molecule has 0 aromatic heterocycles. The van der Waals surface area contributed by atoms with Crippen molar-refractivity contribution in [2.24, 2.45) is 0 Å². The zero-order valence-corrected chi connectivity index (χ0v) is 22.7. The molecule has 204 valence electrons. The van der Waals surface area contributed by atoms with E-state index in [1.165, 1.54) is 23.9 Å². The number of para-hydroxylation sites is 2. The molecule has 0 spiro atoms. The van der Waals surface area contributed by atoms with E-state index < -0.39 is 22.8 Å². The number of urea groups is 1. The lowest BCUT2D eigenvalue weighted by Crippen LogP contribution is -2.36. The molecule has 9 heteroatoms. The van der Waals surface area contributed by atoms with Crippen LogP contribution in [0.25, 0.3) is 0 Å². The van der Waals surface area contributed by atoms with Crippen LogP contribution in [0.4, 0.5) is 21.9 Å². The SMILES string of the molecule is CCC(C(=O)O)c1ccc(Sc2ccc(N(CCc3ccccc3)C(=O)Nc3ccccc3[N+](=O)[O-])cc2)cc1. The Morgan fingerprint density at radius 1 is 0.900 bits per heavy atom. The number of amides is 2. The van der Waals surface area contributed by atoms with Crippen LogP contribution in [-0.2, 0) is 11.2 Å². The third-order valence-electron chi connectivity index (χ3n) is 6.43. The van der Waals surface area contributed by atoms with Gasteiger partial charge < -0.3 is 10.4 Å². The molecule has 1 atom stereocenters. The first-order valence-corrected chi connectivity index (χ1v) is 13.6. The van der Waals surface area contributed by atoms with Crippen LogP contribution in [0.5, 0.6) is 0 Å². The van der Waals surface area contributed by atoms with Crippen LogP contribution in [0.2, 0.25) is 0 Å². The summed E-state index contributed by atoms with van der Waals surface area (Å²) in [5, 5.41) is 23.6. The number of nitrogens with zero attached hydrogens (tertiary/aromatic N) is 2. The Bertz CT molecular complexity index is 1460. The molecule has 0 aliphatic rings. The van der Waals surface area contributed by atoms with Crippen LogP contribution >= 0.6 is 11.8 Å². The van der Waals surface area contributed by atoms with Crippen molar-refractivity contribution < 1.29 is 19.6 Å². The van der Waals surface area contributed by atoms with Crippen molar-refractivity contribution in [3.05, 3.63) is 124 Å². The highest BCUT2D eigenvalue weighted by atomic mass is 32.2. The number of hydrogen-bond donors (Lipinski definition) is 2. The average Bonchev–Trinajstić information content (AvgIpc) is 2.96. The number of nitro benzene ring substituents is 1. The number of aliphatic carboxylic acids is 1. The maximum Gasteiger partial charge on any atom is 0.326 e. The molecule has 1 unspecified atom stereocenters. The van der Waals surface area contributed by atoms with Gasteiger partial charge in [-0.05, 0) is 66.4 Å². The van der Waals surface area contributed by atoms with E-state index in [1.54, 1.807) is 17.0 Å². The van der Waals surface area contributed by atoms with E-state index in [1.807, 2.05) is 85.8 Å². The Morgan fingerprint density at radius 3 is 2.10 bits per heavy atom. The molecule has 0 fully saturated rings. The van der Waals surface area contributed by atoms with E-state index in [2.05, 4.69) is 5.32 Å². The fourth-order valence-corrected chi connectivity index (χ4v) is 5.12. The number of rotatable bonds is 11. The van der Waals surface area contributed by atoms with Gasteiger partial charge in [0.1, 0.15) is 5.69 Å². The number of nitrogens with one attached hydrogen (secondary N) is 1. The molecule has 40 heavy (non-hydrogen) atoms. The van der Waals surface area contributed by atoms with Gasteiger partial charge in [0.25, 0.3) is 5.69 Å². The van der Waals surface area contributed by atoms with Crippen LogP contribution in [0.15, 0.2) is 113 Å². The summed E-state index contributed by atoms with van der Waals surface area (Å²) in [5.74, 6) is -1.36. The molecule has 0 aliphatic carbocycles. The number of anilines is 2. The van der Waals surface area contributed by atoms with Crippen molar-refractivity contribution in [2.75, 3.05) is 16.8 Å². The van der Waals surface area contributed by atoms with E-state index in [0.717, 1.165) is 20.9 Å². The minimum Gasteiger partial charge on any atom is -0.481 e. The summed E-state index contributed by atoms with van der Waals surface area (Å²) in [4.78, 5) is 39.3. The van der Waals surface area contributed by atoms with Gasteiger partial charge in [-0.1, -0.05) is 73.3 Å². The molecule has 8 nitrogen and oxygen atoms in total. The Balaban J connectivity index is 1.52. The molecular formula is C31H29N3O5S. The van der Waals surface area contributed by atoms with Crippen molar-refractivity contribution in [1.29, 1.82) is 0 Å². The third kappa shape index (κ3) is 7.27. The standard InChI is InChI=1S/C31H29N3O5S/c1-2-27(30(35)36)23-12-16-25(17-13-23)40-26-18-14-24(15-19-26)33(21-20-22-8-4-3-5-9-22)31(37)32-28-10-6-7-11-29(28)34(38)39/h3-19,27H,2,20-21H2,1H3,(H,32,37)(H,35,36). The Hall–Kier alpha value is -4.63. The summed E-state index contributed by atoms with van der Waals surface area (Å²) in [7, 11) is 0. The molecule has 0 radical (unpaired) electrons. The molecule has 2 amide bonds. The number of hydrogen-bond acceptors (Lipinski definition) is 5. The van der Waals surface area contributed by atoms with Gasteiger partial charge in [-0.25, -0.2) is 4.79 Å². The Kier molecular flexibility index (Phi) is 9.53. The van der Waals surface area contributed by atoms with E-state index >= 15 is 0 Å². The summed E-state index contributed by atoms with van der Waals surface area (Å²) in [6, 6.07) is 30.4. The van der Waals surface area contributed by atoms with E-state index in [-0.39, 0.29) is 11.4 Å². The van der Waals surface area contributed by atoms with E-state index in [4.69, 9.17) is 0 Å². The minimum atomic E-state index is -0.832. The van der Waals surface area contributed by atoms with Gasteiger partial charge in [0.15, 0.2) is 0 Å². The van der Waals surface area contributed by atoms with Gasteiger partial charge in [0.2, 0.25) is 0 Å². The van der Waals surface area contributed by atoms with Gasteiger partial charge in [-0.15, -0.1) is 0 Å². The molecule has 0 bridgehead atoms. The second kappa shape index (κ2) is 13.4. The monoisotopic (exact) mass is 555 g/mol. The van der Waals surface area contributed by atoms with Crippen LogP contribution in [-0.4, -0.2) is 28.6 Å². The molecule has 0 aliphatic heterocycles. The lowest BCUT2D eigenvalue weighted by atomic mass is 9.97. The lowest BCUT2D eigenvalue weighted by Gasteiger charge is -2.23. The normalized spacial score (nSPS) is 11.4. The predicted molar refractivity (Wildman–Crippen MR) is 157 cm³/mol. The van der Waals surface area contributed by atoms with Crippen molar-refractivity contribution >= 4 is 40.8 Å². The molecule has 4 rings (SSSR count). The number of carboxylic acids is 1. The lowest BCUT2D eigenvalue weighted by molar-refractivity contribution is -0.383. The Morgan fingerprint density at radius 2 is 1.50 bits per heavy atom. The van der Waals surface area contributed by atoms with E-state index in [0.29, 0.717) is 25.1 Å². The first kappa shape index (κ1) is 28.4. The van der Waals surface area contributed by atoms with Gasteiger partial charge in [-0.2, -0.15) is 0 Å². The molecule has 4 aromatic rings. The maximum absolute atomic E-state index is 13.4. The fourth-order valence-electron chi connectivity index (χ4n) is 4.31. The highest BCUT2D eigenvalue weighted by molar-refractivity contribution is 7.99. The van der Waals surface area contributed by atoms with Crippen LogP contribution in [0, 0.1) is 10.1 Å². The summed E-state index contributed by atoms with van der Waals surface area (Å²) < 4.78 is 0. The quantitative estimate of drug-likeness (QED) is 0.145. The zero-order valence-electron chi connectivity index (χ0n) is 21.9. The number of carboxylic acid groups (broad SMARTS) is 1. The number of nitro groups is 1. The highest BCUT2D eigenvalue weighted by Gasteiger charge is 2.21. The zero-order chi connectivity index (χ0) is 28.5. The summed E-state index contributed by atoms with van der Waals surface area (Å²) >= 11 is 1.53. The van der Waals surface area contributed by atoms with Gasteiger partial charge >= 0.3 is 12.0 Å². The summed E-state index contributed by atoms with van der Waals surface area (Å²) in [6.07, 6.45) is 1.12. The van der Waals surface area contributed by atoms with Gasteiger partial charge in [0.05, 0.1) is 10.8 Å². The van der Waals surface area contributed by atoms with Crippen LogP contribution in [0.1, 0.15) is 30.4 Å². The van der Waals surface area contributed by atoms with Crippen LogP contribution < -0.4 is 10.2 Å². The molecule has 4 aromatic carbocycles. The predicted octanol–water partition coefficient (Wildman–Crippen LogP) is 7.61. The third-order valence-corrected chi connectivity index (χ3v) is 7.44. The molecular weight excluding hydrogens is 526 g/mol. The second-order valence-electron chi connectivity index (χ2n) is 9.06. The smallest absolute Gasteiger partial charge is 0.326 e. The second-order valence-corrected chi connectivity index (χ2v) is 10.2. The first-order valence-electron chi connectivity index (χ1n) is 12.8. The molecule has 2 N–H and O–H groups in total. The summed E-state index contributed by atoms with van der Waals surface area (Å²) in [6.45, 7) is 2.22. The molecule has 0 saturated carbocycles. The first-order chi connectivity index (χ1) is 19.4. The number of carbonyl (C=O) groups excluding carboxylic acids is 1. The summed E-state index contributed by atoms with van der Waals surface area (Å²) in [5.41, 5.74) is 2.44. The van der Waals surface area contributed by atoms with Gasteiger partial charge in [0, 0.05) is 28.1 Å². The Labute approximate surface area is 236 Å². The molecule has 0 saturated heterocycles. The van der Waals surface area contributed by atoms with Crippen molar-refractivity contribution in [3.8, 4) is 0 Å². The average molecular weight is 556 g/mol. The fraction of sp³-hybridized carbons (Fsp3) is 0.161. The number of carbonyl (C=O) groups is 2. The van der Waals surface area contributed by atoms with Gasteiger partial charge in [-0.3, -0.25) is 19.8 Å². The van der Waals surface area contributed by atoms with Crippen LogP contribution in [0.3, 0.4) is 0 Å². The topological polar surface area (TPSA) is 113 Å².